The van der Waals surface area contributed by atoms with Crippen LogP contribution in [0, 0.1) is 0 Å². The van der Waals surface area contributed by atoms with Gasteiger partial charge in [-0.3, -0.25) is 4.79 Å². The summed E-state index contributed by atoms with van der Waals surface area (Å²) in [4.78, 5) is 16.2. The van der Waals surface area contributed by atoms with E-state index in [2.05, 4.69) is 34.3 Å². The summed E-state index contributed by atoms with van der Waals surface area (Å²) in [5.74, 6) is 0.660. The van der Waals surface area contributed by atoms with Gasteiger partial charge in [-0.2, -0.15) is 0 Å². The molecule has 1 aromatic carbocycles. The maximum absolute atomic E-state index is 11.1. The van der Waals surface area contributed by atoms with Crippen LogP contribution in [-0.4, -0.2) is 55.0 Å². The number of amides is 1. The number of likely N-dealkylation sites (tertiary alicyclic amines) is 2. The zero-order chi connectivity index (χ0) is 16.2. The lowest BCUT2D eigenvalue weighted by Gasteiger charge is -2.41. The first-order valence-corrected chi connectivity index (χ1v) is 8.92. The van der Waals surface area contributed by atoms with Crippen molar-refractivity contribution in [3.05, 3.63) is 29.8 Å². The van der Waals surface area contributed by atoms with Crippen LogP contribution in [0.3, 0.4) is 0 Å². The number of carbonyl (C=O) groups excluding carboxylic acids is 1. The first-order valence-electron chi connectivity index (χ1n) is 8.92. The van der Waals surface area contributed by atoms with E-state index in [9.17, 15) is 4.79 Å². The summed E-state index contributed by atoms with van der Waals surface area (Å²) >= 11 is 0. The molecule has 0 spiro atoms. The van der Waals surface area contributed by atoms with Crippen molar-refractivity contribution in [3.8, 4) is 0 Å². The molecule has 2 saturated heterocycles. The molecule has 1 amide bonds. The second-order valence-corrected chi connectivity index (χ2v) is 7.15. The van der Waals surface area contributed by atoms with Gasteiger partial charge < -0.3 is 15.1 Å². The van der Waals surface area contributed by atoms with E-state index in [4.69, 9.17) is 0 Å². The second-order valence-electron chi connectivity index (χ2n) is 7.15. The first kappa shape index (κ1) is 16.5. The topological polar surface area (TPSA) is 35.6 Å². The molecule has 1 aromatic rings. The summed E-state index contributed by atoms with van der Waals surface area (Å²) in [6, 6.07) is 9.22. The van der Waals surface area contributed by atoms with Gasteiger partial charge in [-0.1, -0.05) is 12.1 Å². The Labute approximate surface area is 139 Å². The Hall–Kier alpha value is -1.39. The predicted octanol–water partition coefficient (Wildman–Crippen LogP) is 2.92. The van der Waals surface area contributed by atoms with E-state index in [1.54, 1.807) is 6.92 Å². The standard InChI is InChI=1S/C19H29N3O/c1-15(23)20-18-5-3-16(4-6-18)17-7-13-22(14-8-17)19-9-11-21(2)12-10-19/h3-6,17,19H,7-14H2,1-2H3,(H,20,23). The van der Waals surface area contributed by atoms with Gasteiger partial charge in [-0.15, -0.1) is 0 Å². The highest BCUT2D eigenvalue weighted by Crippen LogP contribution is 2.31. The van der Waals surface area contributed by atoms with Gasteiger partial charge in [0.1, 0.15) is 0 Å². The SMILES string of the molecule is CC(=O)Nc1ccc(C2CCN(C3CCN(C)CC3)CC2)cc1. The number of rotatable bonds is 3. The van der Waals surface area contributed by atoms with Gasteiger partial charge in [-0.25, -0.2) is 0 Å². The van der Waals surface area contributed by atoms with Crippen LogP contribution in [0.1, 0.15) is 44.1 Å². The lowest BCUT2D eigenvalue weighted by atomic mass is 9.88. The van der Waals surface area contributed by atoms with Crippen LogP contribution in [0.15, 0.2) is 24.3 Å². The van der Waals surface area contributed by atoms with E-state index in [0.717, 1.165) is 11.7 Å². The highest BCUT2D eigenvalue weighted by atomic mass is 16.1. The van der Waals surface area contributed by atoms with Crippen LogP contribution in [-0.2, 0) is 4.79 Å². The second kappa shape index (κ2) is 7.45. The molecule has 2 fully saturated rings. The maximum Gasteiger partial charge on any atom is 0.221 e. The van der Waals surface area contributed by atoms with E-state index in [-0.39, 0.29) is 5.91 Å². The van der Waals surface area contributed by atoms with Crippen molar-refractivity contribution in [1.29, 1.82) is 0 Å². The maximum atomic E-state index is 11.1. The summed E-state index contributed by atoms with van der Waals surface area (Å²) in [5.41, 5.74) is 2.31. The molecule has 126 valence electrons. The number of piperidine rings is 2. The molecule has 4 heteroatoms. The molecule has 0 unspecified atom stereocenters. The Kier molecular flexibility index (Phi) is 5.34. The van der Waals surface area contributed by atoms with E-state index in [1.807, 2.05) is 12.1 Å². The molecule has 1 N–H and O–H groups in total. The first-order chi connectivity index (χ1) is 11.1. The van der Waals surface area contributed by atoms with Crippen molar-refractivity contribution >= 4 is 11.6 Å². The summed E-state index contributed by atoms with van der Waals surface area (Å²) < 4.78 is 0. The zero-order valence-corrected chi connectivity index (χ0v) is 14.4. The molecule has 4 nitrogen and oxygen atoms in total. The molecule has 2 heterocycles. The number of benzene rings is 1. The van der Waals surface area contributed by atoms with Gasteiger partial charge in [0.2, 0.25) is 5.91 Å². The van der Waals surface area contributed by atoms with Crippen LogP contribution in [0.4, 0.5) is 5.69 Å². The largest absolute Gasteiger partial charge is 0.326 e. The Morgan fingerprint density at radius 1 is 1.00 bits per heavy atom. The van der Waals surface area contributed by atoms with E-state index in [1.165, 1.54) is 57.4 Å². The molecule has 2 aliphatic heterocycles. The molecule has 0 radical (unpaired) electrons. The summed E-state index contributed by atoms with van der Waals surface area (Å²) in [7, 11) is 2.23. The summed E-state index contributed by atoms with van der Waals surface area (Å²) in [6.07, 6.45) is 5.16. The average Bonchev–Trinajstić information content (AvgIpc) is 2.56. The van der Waals surface area contributed by atoms with Gasteiger partial charge in [0.25, 0.3) is 0 Å². The number of hydrogen-bond acceptors (Lipinski definition) is 3. The Bertz CT molecular complexity index is 512. The normalized spacial score (nSPS) is 22.2. The minimum atomic E-state index is -0.0100. The smallest absolute Gasteiger partial charge is 0.221 e. The Morgan fingerprint density at radius 3 is 2.17 bits per heavy atom. The van der Waals surface area contributed by atoms with Crippen molar-refractivity contribution in [3.63, 3.8) is 0 Å². The van der Waals surface area contributed by atoms with E-state index < -0.39 is 0 Å². The van der Waals surface area contributed by atoms with Crippen LogP contribution < -0.4 is 5.32 Å². The van der Waals surface area contributed by atoms with Crippen molar-refractivity contribution in [1.82, 2.24) is 9.80 Å². The molecule has 3 rings (SSSR count). The van der Waals surface area contributed by atoms with Crippen LogP contribution in [0.25, 0.3) is 0 Å². The van der Waals surface area contributed by atoms with Gasteiger partial charge in [0, 0.05) is 18.7 Å². The van der Waals surface area contributed by atoms with Crippen LogP contribution >= 0.6 is 0 Å². The minimum Gasteiger partial charge on any atom is -0.326 e. The molecule has 0 saturated carbocycles. The molecular weight excluding hydrogens is 286 g/mol. The quantitative estimate of drug-likeness (QED) is 0.931. The molecule has 0 bridgehead atoms. The fourth-order valence-corrected chi connectivity index (χ4v) is 4.00. The lowest BCUT2D eigenvalue weighted by molar-refractivity contribution is -0.114. The van der Waals surface area contributed by atoms with Gasteiger partial charge >= 0.3 is 0 Å². The summed E-state index contributed by atoms with van der Waals surface area (Å²) in [5, 5.41) is 2.84. The zero-order valence-electron chi connectivity index (χ0n) is 14.4. The fraction of sp³-hybridized carbons (Fsp3) is 0.632. The lowest BCUT2D eigenvalue weighted by Crippen LogP contribution is -2.46. The third kappa shape index (κ3) is 4.33. The van der Waals surface area contributed by atoms with E-state index in [0.29, 0.717) is 5.92 Å². The predicted molar refractivity (Wildman–Crippen MR) is 94.8 cm³/mol. The van der Waals surface area contributed by atoms with Crippen molar-refractivity contribution in [2.24, 2.45) is 0 Å². The molecule has 0 aliphatic carbocycles. The Balaban J connectivity index is 1.51. The fourth-order valence-electron chi connectivity index (χ4n) is 4.00. The van der Waals surface area contributed by atoms with Crippen LogP contribution in [0.2, 0.25) is 0 Å². The van der Waals surface area contributed by atoms with Gasteiger partial charge in [0.05, 0.1) is 0 Å². The average molecular weight is 315 g/mol. The van der Waals surface area contributed by atoms with Crippen molar-refractivity contribution in [2.45, 2.75) is 44.6 Å². The number of anilines is 1. The van der Waals surface area contributed by atoms with Gasteiger partial charge in [-0.05, 0) is 82.5 Å². The number of nitrogens with one attached hydrogen (secondary N) is 1. The number of nitrogens with zero attached hydrogens (tertiary/aromatic N) is 2. The molecule has 23 heavy (non-hydrogen) atoms. The highest BCUT2D eigenvalue weighted by molar-refractivity contribution is 5.88. The summed E-state index contributed by atoms with van der Waals surface area (Å²) in [6.45, 7) is 6.50. The molecule has 2 aliphatic rings. The number of carbonyl (C=O) groups is 1. The van der Waals surface area contributed by atoms with E-state index >= 15 is 0 Å². The minimum absolute atomic E-state index is 0.0100. The van der Waals surface area contributed by atoms with Crippen molar-refractivity contribution < 1.29 is 4.79 Å². The molecule has 0 aromatic heterocycles. The van der Waals surface area contributed by atoms with Gasteiger partial charge in [0.15, 0.2) is 0 Å². The number of hydrogen-bond donors (Lipinski definition) is 1. The van der Waals surface area contributed by atoms with Crippen LogP contribution in [0.5, 0.6) is 0 Å². The molecule has 0 atom stereocenters. The monoisotopic (exact) mass is 315 g/mol. The Morgan fingerprint density at radius 2 is 1.61 bits per heavy atom. The van der Waals surface area contributed by atoms with Crippen molar-refractivity contribution in [2.75, 3.05) is 38.5 Å². The highest BCUT2D eigenvalue weighted by Gasteiger charge is 2.27. The molecular formula is C19H29N3O. The third-order valence-corrected chi connectivity index (χ3v) is 5.44. The third-order valence-electron chi connectivity index (χ3n) is 5.44.